The van der Waals surface area contributed by atoms with Crippen molar-refractivity contribution in [1.82, 2.24) is 20.2 Å². The molecule has 1 fully saturated rings. The van der Waals surface area contributed by atoms with E-state index < -0.39 is 29.0 Å². The second kappa shape index (κ2) is 6.94. The molecule has 2 atom stereocenters. The zero-order valence-corrected chi connectivity index (χ0v) is 13.4. The minimum absolute atomic E-state index is 0.0481. The summed E-state index contributed by atoms with van der Waals surface area (Å²) in [4.78, 5) is 3.79. The van der Waals surface area contributed by atoms with Crippen molar-refractivity contribution in [1.29, 1.82) is 0 Å². The van der Waals surface area contributed by atoms with Crippen molar-refractivity contribution in [2.24, 2.45) is 11.8 Å². The number of hydrogen-bond acceptors (Lipinski definition) is 5. The van der Waals surface area contributed by atoms with Crippen LogP contribution in [0.4, 0.5) is 26.3 Å². The first-order valence-electron chi connectivity index (χ1n) is 7.55. The Kier molecular flexibility index (Phi) is 4.97. The SMILES string of the molecule is NNC1OCC1/C=C\n1cnc(-c2cc(C(F)(F)F)cc(C(F)(F)F)c2)n1. The van der Waals surface area contributed by atoms with E-state index in [9.17, 15) is 26.3 Å². The summed E-state index contributed by atoms with van der Waals surface area (Å²) < 4.78 is 83.9. The summed E-state index contributed by atoms with van der Waals surface area (Å²) in [6.45, 7) is 0.412. The topological polar surface area (TPSA) is 78.0 Å². The molecule has 0 radical (unpaired) electrons. The first-order valence-corrected chi connectivity index (χ1v) is 7.55. The van der Waals surface area contributed by atoms with E-state index in [2.05, 4.69) is 15.5 Å². The zero-order valence-electron chi connectivity index (χ0n) is 13.4. The fourth-order valence-corrected chi connectivity index (χ4v) is 2.39. The van der Waals surface area contributed by atoms with E-state index in [0.717, 1.165) is 0 Å². The van der Waals surface area contributed by atoms with E-state index in [4.69, 9.17) is 10.6 Å². The van der Waals surface area contributed by atoms with Crippen LogP contribution in [0.25, 0.3) is 17.6 Å². The molecule has 2 heterocycles. The molecule has 0 aliphatic carbocycles. The highest BCUT2D eigenvalue weighted by molar-refractivity contribution is 5.58. The summed E-state index contributed by atoms with van der Waals surface area (Å²) in [5, 5.41) is 3.90. The molecule has 12 heteroatoms. The first kappa shape index (κ1) is 19.3. The fraction of sp³-hybridized carbons (Fsp3) is 0.333. The molecule has 0 saturated carbocycles. The van der Waals surface area contributed by atoms with Crippen molar-refractivity contribution in [2.45, 2.75) is 18.6 Å². The molecule has 1 aliphatic heterocycles. The molecule has 3 rings (SSSR count). The van der Waals surface area contributed by atoms with Crippen LogP contribution in [0.2, 0.25) is 0 Å². The first-order chi connectivity index (χ1) is 12.6. The molecule has 0 spiro atoms. The Bertz CT molecular complexity index is 810. The lowest BCUT2D eigenvalue weighted by Gasteiger charge is -2.33. The highest BCUT2D eigenvalue weighted by Crippen LogP contribution is 2.38. The number of rotatable bonds is 4. The Morgan fingerprint density at radius 1 is 1.11 bits per heavy atom. The molecule has 27 heavy (non-hydrogen) atoms. The Balaban J connectivity index is 1.90. The van der Waals surface area contributed by atoms with Crippen LogP contribution in [0, 0.1) is 5.92 Å². The highest BCUT2D eigenvalue weighted by Gasteiger charge is 2.37. The van der Waals surface area contributed by atoms with Gasteiger partial charge in [0.1, 0.15) is 12.6 Å². The maximum atomic E-state index is 12.9. The van der Waals surface area contributed by atoms with Crippen molar-refractivity contribution in [3.63, 3.8) is 0 Å². The number of nitrogens with one attached hydrogen (secondary N) is 1. The lowest BCUT2D eigenvalue weighted by atomic mass is 10.0. The van der Waals surface area contributed by atoms with E-state index in [1.807, 2.05) is 0 Å². The van der Waals surface area contributed by atoms with Crippen LogP contribution in [0.5, 0.6) is 0 Å². The van der Waals surface area contributed by atoms with Crippen LogP contribution < -0.4 is 11.3 Å². The Labute approximate surface area is 148 Å². The highest BCUT2D eigenvalue weighted by atomic mass is 19.4. The molecule has 0 bridgehead atoms. The summed E-state index contributed by atoms with van der Waals surface area (Å²) >= 11 is 0. The minimum Gasteiger partial charge on any atom is -0.361 e. The molecule has 6 nitrogen and oxygen atoms in total. The number of hydrazine groups is 1. The lowest BCUT2D eigenvalue weighted by Crippen LogP contribution is -2.51. The van der Waals surface area contributed by atoms with E-state index in [1.54, 1.807) is 6.08 Å². The third kappa shape index (κ3) is 4.28. The monoisotopic (exact) mass is 393 g/mol. The molecule has 1 saturated heterocycles. The summed E-state index contributed by atoms with van der Waals surface area (Å²) in [7, 11) is 0. The summed E-state index contributed by atoms with van der Waals surface area (Å²) in [5.41, 5.74) is -0.819. The van der Waals surface area contributed by atoms with Crippen molar-refractivity contribution in [3.8, 4) is 11.4 Å². The Morgan fingerprint density at radius 3 is 2.22 bits per heavy atom. The number of nitrogens with two attached hydrogens (primary N) is 1. The van der Waals surface area contributed by atoms with Gasteiger partial charge >= 0.3 is 12.4 Å². The number of aromatic nitrogens is 3. The number of hydrogen-bond donors (Lipinski definition) is 2. The molecule has 1 aromatic carbocycles. The number of alkyl halides is 6. The third-order valence-electron chi connectivity index (χ3n) is 3.86. The average Bonchev–Trinajstić information content (AvgIpc) is 3.01. The molecule has 2 aromatic rings. The number of ether oxygens (including phenoxy) is 1. The number of halogens is 6. The van der Waals surface area contributed by atoms with Crippen LogP contribution in [0.1, 0.15) is 11.1 Å². The predicted octanol–water partition coefficient (Wildman–Crippen LogP) is 2.89. The fourth-order valence-electron chi connectivity index (χ4n) is 2.39. The van der Waals surface area contributed by atoms with Crippen molar-refractivity contribution in [2.75, 3.05) is 6.61 Å². The van der Waals surface area contributed by atoms with E-state index >= 15 is 0 Å². The van der Waals surface area contributed by atoms with Crippen LogP contribution in [-0.4, -0.2) is 27.6 Å². The van der Waals surface area contributed by atoms with Gasteiger partial charge in [-0.3, -0.25) is 5.84 Å². The van der Waals surface area contributed by atoms with Gasteiger partial charge < -0.3 is 4.74 Å². The molecule has 0 amide bonds. The van der Waals surface area contributed by atoms with Crippen molar-refractivity contribution >= 4 is 6.20 Å². The number of benzene rings is 1. The molecule has 146 valence electrons. The maximum absolute atomic E-state index is 12.9. The quantitative estimate of drug-likeness (QED) is 0.475. The molecular formula is C15H13F6N5O. The summed E-state index contributed by atoms with van der Waals surface area (Å²) in [5.74, 6) is 4.93. The van der Waals surface area contributed by atoms with Crippen LogP contribution in [-0.2, 0) is 17.1 Å². The lowest BCUT2D eigenvalue weighted by molar-refractivity contribution is -0.143. The van der Waals surface area contributed by atoms with Crippen LogP contribution >= 0.6 is 0 Å². The molecule has 2 unspecified atom stereocenters. The molecular weight excluding hydrogens is 380 g/mol. The smallest absolute Gasteiger partial charge is 0.361 e. The van der Waals surface area contributed by atoms with Gasteiger partial charge in [-0.1, -0.05) is 6.08 Å². The van der Waals surface area contributed by atoms with Gasteiger partial charge in [0.2, 0.25) is 0 Å². The third-order valence-corrected chi connectivity index (χ3v) is 3.86. The normalized spacial score (nSPS) is 20.9. The Morgan fingerprint density at radius 2 is 1.74 bits per heavy atom. The Hall–Kier alpha value is -2.44. The predicted molar refractivity (Wildman–Crippen MR) is 81.3 cm³/mol. The van der Waals surface area contributed by atoms with Gasteiger partial charge in [-0.2, -0.15) is 26.3 Å². The second-order valence-electron chi connectivity index (χ2n) is 5.77. The minimum atomic E-state index is -4.94. The van der Waals surface area contributed by atoms with Crippen LogP contribution in [0.3, 0.4) is 0 Å². The van der Waals surface area contributed by atoms with Gasteiger partial charge in [-0.25, -0.2) is 15.1 Å². The van der Waals surface area contributed by atoms with Crippen LogP contribution in [0.15, 0.2) is 30.6 Å². The van der Waals surface area contributed by atoms with Gasteiger partial charge in [-0.15, -0.1) is 5.10 Å². The summed E-state index contributed by atoms with van der Waals surface area (Å²) in [6, 6.07) is 1.20. The van der Waals surface area contributed by atoms with Gasteiger partial charge in [-0.05, 0) is 18.2 Å². The van der Waals surface area contributed by atoms with Crippen molar-refractivity contribution in [3.05, 3.63) is 41.7 Å². The largest absolute Gasteiger partial charge is 0.416 e. The number of nitrogens with zero attached hydrogens (tertiary/aromatic N) is 3. The standard InChI is InChI=1S/C15H13F6N5O/c16-14(17,18)10-3-9(4-11(5-10)15(19,20)21)12-23-7-26(25-12)2-1-8-6-27-13(8)24-22/h1-5,7-8,13,24H,6,22H2/b2-1-. The molecule has 1 aromatic heterocycles. The molecule has 1 aliphatic rings. The van der Waals surface area contributed by atoms with Gasteiger partial charge in [0.05, 0.1) is 17.7 Å². The summed E-state index contributed by atoms with van der Waals surface area (Å²) in [6.07, 6.45) is -5.93. The van der Waals surface area contributed by atoms with E-state index in [1.165, 1.54) is 17.2 Å². The second-order valence-corrected chi connectivity index (χ2v) is 5.77. The molecule has 3 N–H and O–H groups in total. The van der Waals surface area contributed by atoms with Gasteiger partial charge in [0.25, 0.3) is 0 Å². The van der Waals surface area contributed by atoms with Gasteiger partial charge in [0, 0.05) is 17.7 Å². The maximum Gasteiger partial charge on any atom is 0.416 e. The van der Waals surface area contributed by atoms with E-state index in [-0.39, 0.29) is 24.0 Å². The van der Waals surface area contributed by atoms with Crippen molar-refractivity contribution < 1.29 is 31.1 Å². The van der Waals surface area contributed by atoms with Gasteiger partial charge in [0.15, 0.2) is 5.82 Å². The van der Waals surface area contributed by atoms with E-state index in [0.29, 0.717) is 18.7 Å². The zero-order chi connectivity index (χ0) is 19.8. The average molecular weight is 393 g/mol.